The van der Waals surface area contributed by atoms with E-state index in [1.54, 1.807) is 0 Å². The highest BCUT2D eigenvalue weighted by molar-refractivity contribution is 9.11. The number of carbonyl (C=O) groups is 1. The summed E-state index contributed by atoms with van der Waals surface area (Å²) in [5, 5.41) is 11.3. The quantitative estimate of drug-likeness (QED) is 0.331. The van der Waals surface area contributed by atoms with Crippen LogP contribution < -0.4 is 0 Å². The number of rotatable bonds is 5. The molecule has 7 heteroatoms. The van der Waals surface area contributed by atoms with Gasteiger partial charge in [0, 0.05) is 26.1 Å². The van der Waals surface area contributed by atoms with Crippen LogP contribution in [0.4, 0.5) is 5.82 Å². The summed E-state index contributed by atoms with van der Waals surface area (Å²) < 4.78 is 1.92. The van der Waals surface area contributed by atoms with E-state index in [-0.39, 0.29) is 16.8 Å². The van der Waals surface area contributed by atoms with E-state index in [9.17, 15) is 9.90 Å². The van der Waals surface area contributed by atoms with E-state index < -0.39 is 5.92 Å². The molecular formula is C25H22Br2N2O2S. The van der Waals surface area contributed by atoms with E-state index in [1.165, 1.54) is 11.8 Å². The molecule has 0 spiro atoms. The van der Waals surface area contributed by atoms with Gasteiger partial charge in [0.25, 0.3) is 0 Å². The molecule has 0 saturated carbocycles. The Kier molecular flexibility index (Phi) is 7.08. The number of benzene rings is 2. The second kappa shape index (κ2) is 9.81. The summed E-state index contributed by atoms with van der Waals surface area (Å²) in [5.41, 5.74) is 3.94. The van der Waals surface area contributed by atoms with Gasteiger partial charge in [0.15, 0.2) is 5.12 Å². The highest BCUT2D eigenvalue weighted by Gasteiger charge is 2.40. The first-order chi connectivity index (χ1) is 15.4. The molecule has 1 aliphatic heterocycles. The normalized spacial score (nSPS) is 17.9. The van der Waals surface area contributed by atoms with E-state index in [2.05, 4.69) is 36.8 Å². The minimum absolute atomic E-state index is 0.0732. The SMILES string of the molecule is CCSC(=O)C1C(C)=Nc2[nH]c(C=Cc3cc(Br)ccc3Br)c(O)c2C1c1ccccc1. The summed E-state index contributed by atoms with van der Waals surface area (Å²) >= 11 is 8.36. The Labute approximate surface area is 208 Å². The number of nitrogens with one attached hydrogen (secondary N) is 1. The smallest absolute Gasteiger partial charge is 0.198 e. The second-order valence-electron chi connectivity index (χ2n) is 7.52. The highest BCUT2D eigenvalue weighted by atomic mass is 79.9. The molecule has 2 N–H and O–H groups in total. The van der Waals surface area contributed by atoms with Crippen molar-refractivity contribution in [3.63, 3.8) is 0 Å². The molecule has 4 nitrogen and oxygen atoms in total. The summed E-state index contributed by atoms with van der Waals surface area (Å²) in [6.45, 7) is 3.86. The number of hydrogen-bond donors (Lipinski definition) is 2. The van der Waals surface area contributed by atoms with Crippen molar-refractivity contribution in [2.45, 2.75) is 19.8 Å². The van der Waals surface area contributed by atoms with Gasteiger partial charge in [0.1, 0.15) is 11.6 Å². The first-order valence-electron chi connectivity index (χ1n) is 10.3. The number of aromatic hydroxyl groups is 1. The third-order valence-corrected chi connectivity index (χ3v) is 7.53. The van der Waals surface area contributed by atoms with Gasteiger partial charge in [0.2, 0.25) is 0 Å². The fourth-order valence-electron chi connectivity index (χ4n) is 4.04. The monoisotopic (exact) mass is 572 g/mol. The number of aliphatic imine (C=N–C) groups is 1. The molecule has 1 aliphatic rings. The molecule has 0 saturated heterocycles. The van der Waals surface area contributed by atoms with Crippen LogP contribution in [0, 0.1) is 5.92 Å². The first kappa shape index (κ1) is 23.1. The molecule has 164 valence electrons. The number of aromatic amines is 1. The van der Waals surface area contributed by atoms with Crippen LogP contribution in [-0.2, 0) is 4.79 Å². The number of H-pyrrole nitrogens is 1. The lowest BCUT2D eigenvalue weighted by Gasteiger charge is -2.29. The molecule has 1 aromatic heterocycles. The van der Waals surface area contributed by atoms with E-state index >= 15 is 0 Å². The van der Waals surface area contributed by atoms with Crippen molar-refractivity contribution in [2.75, 3.05) is 5.75 Å². The molecule has 2 heterocycles. The molecule has 2 atom stereocenters. The largest absolute Gasteiger partial charge is 0.505 e. The molecule has 2 aromatic carbocycles. The Bertz CT molecular complexity index is 1220. The second-order valence-corrected chi connectivity index (χ2v) is 10.6. The maximum atomic E-state index is 13.1. The van der Waals surface area contributed by atoms with Crippen LogP contribution in [0.2, 0.25) is 0 Å². The zero-order chi connectivity index (χ0) is 22.8. The number of halogens is 2. The standard InChI is InChI=1S/C25H22Br2N2O2S/c1-3-32-25(31)20-14(2)28-24-22(21(20)15-7-5-4-6-8-15)23(30)19(29-24)12-9-16-13-17(26)10-11-18(16)27/h4-13,20-21,29-30H,3H2,1-2H3. The van der Waals surface area contributed by atoms with Gasteiger partial charge >= 0.3 is 0 Å². The summed E-state index contributed by atoms with van der Waals surface area (Å²) in [7, 11) is 0. The lowest BCUT2D eigenvalue weighted by molar-refractivity contribution is -0.112. The number of thioether (sulfide) groups is 1. The summed E-state index contributed by atoms with van der Waals surface area (Å²) in [6.07, 6.45) is 3.76. The lowest BCUT2D eigenvalue weighted by atomic mass is 9.77. The van der Waals surface area contributed by atoms with Crippen molar-refractivity contribution in [1.82, 2.24) is 4.98 Å². The van der Waals surface area contributed by atoms with Crippen molar-refractivity contribution in [1.29, 1.82) is 0 Å². The van der Waals surface area contributed by atoms with E-state index in [0.717, 1.165) is 25.8 Å². The number of fused-ring (bicyclic) bond motifs is 1. The predicted molar refractivity (Wildman–Crippen MR) is 141 cm³/mol. The lowest BCUT2D eigenvalue weighted by Crippen LogP contribution is -2.30. The third-order valence-electron chi connectivity index (χ3n) is 5.49. The highest BCUT2D eigenvalue weighted by Crippen LogP contribution is 2.49. The molecular weight excluding hydrogens is 552 g/mol. The molecule has 3 aromatic rings. The van der Waals surface area contributed by atoms with Gasteiger partial charge in [-0.25, -0.2) is 4.99 Å². The van der Waals surface area contributed by atoms with Crippen LogP contribution in [0.15, 0.2) is 62.5 Å². The molecule has 0 fully saturated rings. The van der Waals surface area contributed by atoms with Crippen molar-refractivity contribution >= 4 is 72.4 Å². The first-order valence-corrected chi connectivity index (χ1v) is 12.8. The summed E-state index contributed by atoms with van der Waals surface area (Å²) in [4.78, 5) is 21.0. The Morgan fingerprint density at radius 3 is 2.66 bits per heavy atom. The van der Waals surface area contributed by atoms with Crippen molar-refractivity contribution in [3.8, 4) is 5.75 Å². The number of carbonyl (C=O) groups excluding carboxylic acids is 1. The topological polar surface area (TPSA) is 65.5 Å². The Hall–Kier alpha value is -2.09. The van der Waals surface area contributed by atoms with Crippen LogP contribution in [0.5, 0.6) is 5.75 Å². The summed E-state index contributed by atoms with van der Waals surface area (Å²) in [6, 6.07) is 15.8. The van der Waals surface area contributed by atoms with Gasteiger partial charge in [0.05, 0.1) is 11.6 Å². The minimum Gasteiger partial charge on any atom is -0.505 e. The molecule has 0 radical (unpaired) electrons. The molecule has 0 bridgehead atoms. The molecule has 4 rings (SSSR count). The zero-order valence-corrected chi connectivity index (χ0v) is 21.6. The van der Waals surface area contributed by atoms with Gasteiger partial charge in [-0.3, -0.25) is 4.79 Å². The van der Waals surface area contributed by atoms with Crippen LogP contribution in [0.3, 0.4) is 0 Å². The van der Waals surface area contributed by atoms with Crippen molar-refractivity contribution < 1.29 is 9.90 Å². The number of hydrogen-bond acceptors (Lipinski definition) is 4. The van der Waals surface area contributed by atoms with Gasteiger partial charge in [-0.15, -0.1) is 0 Å². The predicted octanol–water partition coefficient (Wildman–Crippen LogP) is 7.55. The number of nitrogens with zero attached hydrogens (tertiary/aromatic N) is 1. The molecule has 0 amide bonds. The Balaban J connectivity index is 1.82. The minimum atomic E-state index is -0.424. The van der Waals surface area contributed by atoms with Gasteiger partial charge in [-0.2, -0.15) is 0 Å². The third kappa shape index (κ3) is 4.51. The Morgan fingerprint density at radius 1 is 1.19 bits per heavy atom. The molecule has 32 heavy (non-hydrogen) atoms. The summed E-state index contributed by atoms with van der Waals surface area (Å²) in [5.74, 6) is 0.712. The van der Waals surface area contributed by atoms with Crippen LogP contribution in [0.25, 0.3) is 12.2 Å². The number of aromatic nitrogens is 1. The maximum Gasteiger partial charge on any atom is 0.198 e. The van der Waals surface area contributed by atoms with Crippen LogP contribution >= 0.6 is 43.6 Å². The van der Waals surface area contributed by atoms with Gasteiger partial charge < -0.3 is 10.1 Å². The van der Waals surface area contributed by atoms with Crippen molar-refractivity contribution in [3.05, 3.63) is 79.9 Å². The Morgan fingerprint density at radius 2 is 1.94 bits per heavy atom. The average molecular weight is 574 g/mol. The van der Waals surface area contributed by atoms with Crippen LogP contribution in [-0.4, -0.2) is 26.7 Å². The molecule has 0 aliphatic carbocycles. The fourth-order valence-corrected chi connectivity index (χ4v) is 5.57. The van der Waals surface area contributed by atoms with Gasteiger partial charge in [-0.1, -0.05) is 87.0 Å². The van der Waals surface area contributed by atoms with Crippen LogP contribution in [0.1, 0.15) is 42.1 Å². The maximum absolute atomic E-state index is 13.1. The fraction of sp³-hybridized carbons (Fsp3) is 0.200. The van der Waals surface area contributed by atoms with Gasteiger partial charge in [-0.05, 0) is 48.1 Å². The average Bonchev–Trinajstić information content (AvgIpc) is 3.09. The van der Waals surface area contributed by atoms with E-state index in [0.29, 0.717) is 22.8 Å². The molecule has 2 unspecified atom stereocenters. The van der Waals surface area contributed by atoms with E-state index in [4.69, 9.17) is 4.99 Å². The zero-order valence-electron chi connectivity index (χ0n) is 17.6. The van der Waals surface area contributed by atoms with E-state index in [1.807, 2.05) is 74.5 Å². The van der Waals surface area contributed by atoms with Crippen molar-refractivity contribution in [2.24, 2.45) is 10.9 Å².